The maximum atomic E-state index is 13.5. The third-order valence-corrected chi connectivity index (χ3v) is 22.7. The van der Waals surface area contributed by atoms with Crippen molar-refractivity contribution in [3.05, 3.63) is 171 Å². The Kier molecular flexibility index (Phi) is 37.8. The molecule has 8 aromatic carbocycles. The van der Waals surface area contributed by atoms with Crippen molar-refractivity contribution in [3.8, 4) is 90.9 Å². The summed E-state index contributed by atoms with van der Waals surface area (Å²) in [7, 11) is 4.36. The summed E-state index contributed by atoms with van der Waals surface area (Å²) in [5, 5.41) is 23.6. The summed E-state index contributed by atoms with van der Waals surface area (Å²) in [6.07, 6.45) is -1.54. The molecule has 9 rings (SSSR count). The number of nitrogens with zero attached hydrogens (tertiary/aromatic N) is 1. The number of carbonyl (C=O) groups excluding carboxylic acids is 2. The van der Waals surface area contributed by atoms with Gasteiger partial charge in [0.25, 0.3) is 6.85 Å². The summed E-state index contributed by atoms with van der Waals surface area (Å²) < 4.78 is 73.6. The van der Waals surface area contributed by atoms with Gasteiger partial charge in [0, 0.05) is 107 Å². The Morgan fingerprint density at radius 1 is 0.354 bits per heavy atom. The van der Waals surface area contributed by atoms with Gasteiger partial charge in [-0.2, -0.15) is 0 Å². The SMILES string of the molecule is CCN(CC)CC.COc1cc(-c2cc(OC)cc(C(C)(C)C)c2O)c(O)c(C(C)(C)C)c1.COc1cc(C(C)(C)C)c2op(Oc3c(-c4cc(C)cc(C(C)(C)C)c4OC(=O)OC(C)(C)C)cc(C)cc3C(C)(C)C)oc3c(C(C)(C)C)cc(OC)cc3c2c1.Cc1cc(-c2cc(C)cc(C(C)(C)C)c2OP(Cl)Cl)c(OC(=O)OC(C)(C)C)c(C(C)(C)C)c1.[CH3-].[V]. The van der Waals surface area contributed by atoms with E-state index < -0.39 is 44.0 Å². The van der Waals surface area contributed by atoms with Crippen LogP contribution in [0.15, 0.2) is 105 Å². The van der Waals surface area contributed by atoms with E-state index in [4.69, 9.17) is 77.8 Å². The molecule has 1 radical (unpaired) electrons. The second-order valence-electron chi connectivity index (χ2n) is 42.5. The number of benzene rings is 8. The molecular weight excluding hydrogens is 1710 g/mol. The molecule has 701 valence electrons. The van der Waals surface area contributed by atoms with E-state index in [0.29, 0.717) is 73.9 Å². The predicted molar refractivity (Wildman–Crippen MR) is 529 cm³/mol. The third kappa shape index (κ3) is 29.6. The monoisotopic (exact) mass is 1860 g/mol. The van der Waals surface area contributed by atoms with Crippen LogP contribution in [-0.4, -0.2) is 86.7 Å². The fourth-order valence-corrected chi connectivity index (χ4v) is 16.3. The summed E-state index contributed by atoms with van der Waals surface area (Å²) in [4.78, 5) is 28.7. The van der Waals surface area contributed by atoms with Gasteiger partial charge in [-0.25, -0.2) is 9.59 Å². The average Bonchev–Trinajstić information content (AvgIpc) is 1.71. The number of halogens is 2. The number of phenolic OH excluding ortho intramolecular Hbond substituents is 2. The van der Waals surface area contributed by atoms with E-state index in [-0.39, 0.29) is 75.4 Å². The number of aromatic hydroxyl groups is 2. The second kappa shape index (κ2) is 43.0. The first-order valence-electron chi connectivity index (χ1n) is 43.1. The second-order valence-corrected chi connectivity index (χ2v) is 46.5. The fourth-order valence-electron chi connectivity index (χ4n) is 14.4. The molecule has 0 aliphatic heterocycles. The van der Waals surface area contributed by atoms with Crippen LogP contribution in [0, 0.1) is 35.1 Å². The van der Waals surface area contributed by atoms with Crippen molar-refractivity contribution in [2.75, 3.05) is 48.1 Å². The fraction of sp³-hybridized carbons (Fsp3) is 0.514. The molecule has 17 nitrogen and oxygen atoms in total. The van der Waals surface area contributed by atoms with Crippen LogP contribution >= 0.6 is 37.6 Å². The number of phenols is 2. The van der Waals surface area contributed by atoms with E-state index in [2.05, 4.69) is 188 Å². The first-order valence-corrected chi connectivity index (χ1v) is 47.3. The molecule has 0 atom stereocenters. The number of fused-ring (bicyclic) bond motifs is 3. The maximum Gasteiger partial charge on any atom is 0.514 e. The van der Waals surface area contributed by atoms with E-state index in [1.165, 1.54) is 19.6 Å². The molecule has 0 bridgehead atoms. The van der Waals surface area contributed by atoms with Gasteiger partial charge in [0.05, 0.1) is 28.4 Å². The minimum atomic E-state index is -2.18. The summed E-state index contributed by atoms with van der Waals surface area (Å²) in [6.45, 7) is 77.9. The van der Waals surface area contributed by atoms with Crippen molar-refractivity contribution >= 4 is 71.8 Å². The molecule has 0 aliphatic carbocycles. The summed E-state index contributed by atoms with van der Waals surface area (Å²) in [5.74, 6) is 4.96. The van der Waals surface area contributed by atoms with E-state index in [9.17, 15) is 19.8 Å². The molecule has 0 spiro atoms. The van der Waals surface area contributed by atoms with Gasteiger partial charge in [-0.05, 0) is 250 Å². The third-order valence-electron chi connectivity index (χ3n) is 20.9. The van der Waals surface area contributed by atoms with Crippen LogP contribution in [0.2, 0.25) is 0 Å². The van der Waals surface area contributed by atoms with Gasteiger partial charge in [0.15, 0.2) is 0 Å². The van der Waals surface area contributed by atoms with E-state index in [1.807, 2.05) is 137 Å². The Hall–Kier alpha value is -7.85. The number of methoxy groups -OCH3 is 4. The minimum absolute atomic E-state index is 0. The number of hydrogen-bond donors (Lipinski definition) is 2. The van der Waals surface area contributed by atoms with Crippen LogP contribution in [0.25, 0.3) is 55.3 Å². The number of aryl methyl sites for hydroxylation is 4. The molecule has 127 heavy (non-hydrogen) atoms. The summed E-state index contributed by atoms with van der Waals surface area (Å²) in [6, 6.07) is 31.7. The van der Waals surface area contributed by atoms with Crippen LogP contribution in [0.3, 0.4) is 0 Å². The molecule has 1 aromatic heterocycles. The summed E-state index contributed by atoms with van der Waals surface area (Å²) >= 11 is 12.3. The van der Waals surface area contributed by atoms with Gasteiger partial charge in [0.2, 0.25) is 0 Å². The van der Waals surface area contributed by atoms with Crippen molar-refractivity contribution in [2.45, 2.75) is 311 Å². The van der Waals surface area contributed by atoms with E-state index >= 15 is 0 Å². The van der Waals surface area contributed by atoms with E-state index in [1.54, 1.807) is 61.3 Å². The van der Waals surface area contributed by atoms with Crippen molar-refractivity contribution in [2.24, 2.45) is 0 Å². The zero-order valence-corrected chi connectivity index (χ0v) is 89.2. The molecule has 1 heterocycles. The molecule has 0 saturated heterocycles. The van der Waals surface area contributed by atoms with Crippen molar-refractivity contribution in [3.63, 3.8) is 0 Å². The molecule has 9 aromatic rings. The standard InChI is InChI=1S/C49H65O8P.C27H37Cl2O4P.C22H30O4.C6H15N.CH3.V/c1-28-20-32(40(36(22-28)45(3,4)5)53-44(50)54-49(15,16)17)33-21-29(2)23-37(46(6,7)8)41(33)55-58-56-42-34(24-30(51-18)26-38(42)47(9,10)11)35-25-31(52-19)27-39(43(35)57-58)48(12,13)14;1-16-12-18(19-13-17(2)15-21(26(6,7)8)23(19)33-34(28)29)22(20(14-16)25(3,4)5)31-24(30)32-27(9,10)11;1-21(2,3)17-11-13(25-7)9-15(19(17)23)16-10-14(26-8)12-18(20(16)24)22(4,5)6;1-4-7(5-2)6-3;;/h20-27H,1-19H3;12-15H,1-11H3;9-12,23-24H,1-8H3;4-6H2,1-3H3;1H3;/q;;;;-1;. The smallest absolute Gasteiger partial charge is 0.507 e. The van der Waals surface area contributed by atoms with Crippen LogP contribution in [0.5, 0.6) is 57.5 Å². The van der Waals surface area contributed by atoms with Crippen LogP contribution in [-0.2, 0) is 71.3 Å². The normalized spacial score (nSPS) is 12.3. The first-order chi connectivity index (χ1) is 57.0. The molecule has 2 N–H and O–H groups in total. The van der Waals surface area contributed by atoms with Crippen LogP contribution in [0.4, 0.5) is 9.59 Å². The van der Waals surface area contributed by atoms with Gasteiger partial charge in [-0.3, -0.25) is 0 Å². The maximum absolute atomic E-state index is 13.5. The van der Waals surface area contributed by atoms with Crippen molar-refractivity contribution in [1.82, 2.24) is 4.90 Å². The molecule has 0 unspecified atom stereocenters. The Bertz CT molecular complexity index is 5200. The number of ether oxygens (including phenoxy) is 8. The van der Waals surface area contributed by atoms with Crippen molar-refractivity contribution < 1.29 is 93.7 Å². The quantitative estimate of drug-likeness (QED) is 0.0401. The Balaban J connectivity index is 0.000000414. The molecule has 0 fully saturated rings. The molecule has 22 heteroatoms. The minimum Gasteiger partial charge on any atom is -0.507 e. The number of carbonyl (C=O) groups is 2. The first kappa shape index (κ1) is 111. The van der Waals surface area contributed by atoms with Gasteiger partial charge in [-0.15, -0.1) is 0 Å². The topological polar surface area (TPSA) is 196 Å². The summed E-state index contributed by atoms with van der Waals surface area (Å²) in [5.41, 5.74) is 12.4. The zero-order chi connectivity index (χ0) is 95.3. The van der Waals surface area contributed by atoms with Gasteiger partial charge < -0.3 is 77.9 Å². The predicted octanol–water partition coefficient (Wildman–Crippen LogP) is 32.1. The number of hydrogen-bond acceptors (Lipinski definition) is 17. The molecule has 0 aliphatic rings. The van der Waals surface area contributed by atoms with Crippen molar-refractivity contribution in [1.29, 1.82) is 0 Å². The molecule has 0 saturated carbocycles. The zero-order valence-electron chi connectivity index (χ0n) is 84.5. The Labute approximate surface area is 786 Å². The van der Waals surface area contributed by atoms with Gasteiger partial charge in [0.1, 0.15) is 79.9 Å². The number of rotatable bonds is 16. The van der Waals surface area contributed by atoms with E-state index in [0.717, 1.165) is 94.2 Å². The Morgan fingerprint density at radius 2 is 0.598 bits per heavy atom. The van der Waals surface area contributed by atoms with Gasteiger partial charge in [-0.1, -0.05) is 211 Å². The average molecular weight is 1870 g/mol. The van der Waals surface area contributed by atoms with Crippen LogP contribution < -0.4 is 37.5 Å². The largest absolute Gasteiger partial charge is 0.514 e. The molecule has 0 amide bonds. The molecular formula is C105H150Cl2NO16P2V-. The van der Waals surface area contributed by atoms with Gasteiger partial charge >= 0.3 is 20.6 Å². The van der Waals surface area contributed by atoms with Crippen LogP contribution in [0.1, 0.15) is 295 Å². The Morgan fingerprint density at radius 3 is 0.843 bits per heavy atom.